The van der Waals surface area contributed by atoms with Crippen molar-refractivity contribution >= 4 is 59.0 Å². The highest BCUT2D eigenvalue weighted by molar-refractivity contribution is 8.01. The Labute approximate surface area is 263 Å². The maximum atomic E-state index is 13.9. The number of fused-ring (bicyclic) bond motifs is 1. The molecular formula is C26H28N10O7S2. The number of phenols is 1. The predicted molar refractivity (Wildman–Crippen MR) is 163 cm³/mol. The molecule has 5 rings (SSSR count). The molecule has 0 saturated carbocycles. The summed E-state index contributed by atoms with van der Waals surface area (Å²) in [4.78, 5) is 73.9. The number of carboxylic acid groups (broad SMARTS) is 1. The number of carboxylic acids is 1. The van der Waals surface area contributed by atoms with E-state index < -0.39 is 46.8 Å². The predicted octanol–water partition coefficient (Wildman–Crippen LogP) is 0.571. The quantitative estimate of drug-likeness (QED) is 0.110. The van der Waals surface area contributed by atoms with Crippen LogP contribution in [0, 0.1) is 0 Å². The van der Waals surface area contributed by atoms with Gasteiger partial charge < -0.3 is 26.6 Å². The number of nitrogens with two attached hydrogens (primary N) is 1. The molecule has 236 valence electrons. The standard InChI is InChI=1S/C26H28N10O7S2/c1-11(2)30-26-28-7-15(20(38)32-26)35(25(27)43)18(12-3-5-14(37)6-4-12)21(39)31-17-22(40)36-19(24(41)42)13(10-45-23(17)36)9-44-16-8-29-34-33-16/h3-8,11,17-18,23,37H,9-10H2,1-2H3,(H2,27,43)(H,31,39)(H,41,42)(H,29,33,34)(H2,28,30,32,38)/t17?,18?,23-/m0/s1. The van der Waals surface area contributed by atoms with Gasteiger partial charge in [-0.05, 0) is 37.1 Å². The minimum absolute atomic E-state index is 0.0706. The van der Waals surface area contributed by atoms with Crippen molar-refractivity contribution in [3.05, 3.63) is 63.8 Å². The lowest BCUT2D eigenvalue weighted by molar-refractivity contribution is -0.150. The number of primary amides is 1. The number of β-lactam (4-membered cyclic amide) rings is 1. The molecule has 1 fully saturated rings. The first kappa shape index (κ1) is 31.4. The van der Waals surface area contributed by atoms with Crippen molar-refractivity contribution in [3.8, 4) is 5.75 Å². The van der Waals surface area contributed by atoms with Crippen LogP contribution >= 0.6 is 23.5 Å². The van der Waals surface area contributed by atoms with E-state index in [1.807, 2.05) is 13.8 Å². The van der Waals surface area contributed by atoms with E-state index in [-0.39, 0.29) is 46.2 Å². The van der Waals surface area contributed by atoms with E-state index in [1.54, 1.807) is 0 Å². The molecule has 2 unspecified atom stereocenters. The average molecular weight is 657 g/mol. The number of urea groups is 1. The third-order valence-electron chi connectivity index (χ3n) is 6.75. The summed E-state index contributed by atoms with van der Waals surface area (Å²) >= 11 is 2.52. The summed E-state index contributed by atoms with van der Waals surface area (Å²) in [6.07, 6.45) is 2.58. The number of aromatic hydroxyl groups is 1. The zero-order valence-electron chi connectivity index (χ0n) is 23.8. The van der Waals surface area contributed by atoms with E-state index in [2.05, 4.69) is 36.0 Å². The highest BCUT2D eigenvalue weighted by atomic mass is 32.2. The topological polar surface area (TPSA) is 253 Å². The first-order valence-corrected chi connectivity index (χ1v) is 15.4. The number of carbonyl (C=O) groups excluding carboxylic acids is 3. The molecule has 2 aliphatic rings. The van der Waals surface area contributed by atoms with Crippen molar-refractivity contribution in [2.75, 3.05) is 21.7 Å². The number of aromatic nitrogens is 5. The third kappa shape index (κ3) is 6.43. The fourth-order valence-corrected chi connectivity index (χ4v) is 7.08. The van der Waals surface area contributed by atoms with Gasteiger partial charge in [0, 0.05) is 17.5 Å². The summed E-state index contributed by atoms with van der Waals surface area (Å²) in [5.41, 5.74) is 5.07. The Bertz CT molecular complexity index is 1710. The number of carbonyl (C=O) groups is 4. The van der Waals surface area contributed by atoms with Crippen LogP contribution in [-0.4, -0.2) is 93.3 Å². The van der Waals surface area contributed by atoms with Gasteiger partial charge in [0.05, 0.1) is 12.4 Å². The number of hydrogen-bond donors (Lipinski definition) is 7. The van der Waals surface area contributed by atoms with E-state index in [9.17, 15) is 34.2 Å². The number of rotatable bonds is 11. The second-order valence-corrected chi connectivity index (χ2v) is 12.3. The Morgan fingerprint density at radius 2 is 1.96 bits per heavy atom. The van der Waals surface area contributed by atoms with Gasteiger partial charge in [0.2, 0.25) is 11.9 Å². The van der Waals surface area contributed by atoms with Gasteiger partial charge in [-0.1, -0.05) is 23.9 Å². The van der Waals surface area contributed by atoms with Crippen LogP contribution < -0.4 is 26.8 Å². The number of aliphatic carboxylic acids is 1. The second-order valence-electron chi connectivity index (χ2n) is 10.2. The van der Waals surface area contributed by atoms with E-state index in [4.69, 9.17) is 5.73 Å². The molecule has 4 heterocycles. The van der Waals surface area contributed by atoms with E-state index in [1.165, 1.54) is 54.0 Å². The van der Waals surface area contributed by atoms with Crippen LogP contribution in [-0.2, 0) is 14.4 Å². The van der Waals surface area contributed by atoms with Crippen molar-refractivity contribution in [2.45, 2.75) is 42.4 Å². The van der Waals surface area contributed by atoms with Crippen molar-refractivity contribution in [1.82, 2.24) is 35.6 Å². The number of nitrogens with one attached hydrogen (secondary N) is 4. The molecule has 0 aliphatic carbocycles. The summed E-state index contributed by atoms with van der Waals surface area (Å²) in [6.45, 7) is 3.66. The van der Waals surface area contributed by atoms with Crippen molar-refractivity contribution in [3.63, 3.8) is 0 Å². The lowest BCUT2D eigenvalue weighted by atomic mass is 10.00. The monoisotopic (exact) mass is 656 g/mol. The molecule has 0 radical (unpaired) electrons. The summed E-state index contributed by atoms with van der Waals surface area (Å²) in [5, 5.41) is 35.3. The number of phenolic OH excluding ortho intramolecular Hbond substituents is 1. The van der Waals surface area contributed by atoms with Crippen LogP contribution in [0.4, 0.5) is 16.4 Å². The molecule has 8 N–H and O–H groups in total. The molecule has 3 aromatic rings. The highest BCUT2D eigenvalue weighted by Gasteiger charge is 2.54. The van der Waals surface area contributed by atoms with Crippen LogP contribution in [0.1, 0.15) is 25.5 Å². The van der Waals surface area contributed by atoms with E-state index in [0.717, 1.165) is 16.0 Å². The van der Waals surface area contributed by atoms with E-state index in [0.29, 0.717) is 10.6 Å². The fraction of sp³-hybridized carbons (Fsp3) is 0.308. The molecule has 2 aromatic heterocycles. The number of amides is 4. The number of aromatic amines is 2. The van der Waals surface area contributed by atoms with Gasteiger partial charge in [-0.15, -0.1) is 16.9 Å². The average Bonchev–Trinajstić information content (AvgIpc) is 3.51. The molecule has 19 heteroatoms. The lowest BCUT2D eigenvalue weighted by Crippen LogP contribution is -2.71. The summed E-state index contributed by atoms with van der Waals surface area (Å²) in [7, 11) is 0. The molecule has 17 nitrogen and oxygen atoms in total. The third-order valence-corrected chi connectivity index (χ3v) is 9.08. The molecule has 4 amide bonds. The zero-order chi connectivity index (χ0) is 32.4. The van der Waals surface area contributed by atoms with Crippen molar-refractivity contribution in [1.29, 1.82) is 0 Å². The van der Waals surface area contributed by atoms with Crippen LogP contribution in [0.2, 0.25) is 0 Å². The van der Waals surface area contributed by atoms with Crippen LogP contribution in [0.3, 0.4) is 0 Å². The number of nitrogens with zero attached hydrogens (tertiary/aromatic N) is 5. The summed E-state index contributed by atoms with van der Waals surface area (Å²) in [6, 6.07) is 1.32. The molecule has 3 atom stereocenters. The van der Waals surface area contributed by atoms with Gasteiger partial charge in [-0.25, -0.2) is 14.6 Å². The lowest BCUT2D eigenvalue weighted by Gasteiger charge is -2.49. The summed E-state index contributed by atoms with van der Waals surface area (Å²) < 4.78 is 0. The van der Waals surface area contributed by atoms with Gasteiger partial charge in [0.25, 0.3) is 11.5 Å². The van der Waals surface area contributed by atoms with Crippen LogP contribution in [0.15, 0.2) is 57.7 Å². The van der Waals surface area contributed by atoms with Gasteiger partial charge in [0.15, 0.2) is 0 Å². The van der Waals surface area contributed by atoms with Gasteiger partial charge in [0.1, 0.15) is 39.6 Å². The first-order chi connectivity index (χ1) is 21.5. The molecule has 1 aromatic carbocycles. The highest BCUT2D eigenvalue weighted by Crippen LogP contribution is 2.42. The molecular weight excluding hydrogens is 628 g/mol. The smallest absolute Gasteiger partial charge is 0.352 e. The van der Waals surface area contributed by atoms with Crippen LogP contribution in [0.5, 0.6) is 5.75 Å². The second kappa shape index (κ2) is 12.9. The van der Waals surface area contributed by atoms with Crippen molar-refractivity contribution in [2.24, 2.45) is 5.73 Å². The zero-order valence-corrected chi connectivity index (χ0v) is 25.4. The molecule has 2 aliphatic heterocycles. The van der Waals surface area contributed by atoms with Crippen molar-refractivity contribution < 1.29 is 29.4 Å². The maximum Gasteiger partial charge on any atom is 0.352 e. The van der Waals surface area contributed by atoms with Crippen LogP contribution in [0.25, 0.3) is 0 Å². The number of anilines is 2. The summed E-state index contributed by atoms with van der Waals surface area (Å²) in [5.74, 6) is -2.32. The van der Waals surface area contributed by atoms with Gasteiger partial charge in [-0.3, -0.25) is 29.2 Å². The SMILES string of the molecule is CC(C)Nc1ncc(N(C(N)=O)C(C(=O)NC2C(=O)N3C(C(=O)O)=C(CSc4cn[nH]n4)CS[C@@H]23)c2ccc(O)cc2)c(=O)[nH]1. The Kier molecular flexibility index (Phi) is 9.00. The maximum absolute atomic E-state index is 13.9. The number of benzene rings is 1. The molecule has 0 bridgehead atoms. The Balaban J connectivity index is 1.43. The number of hydrogen-bond acceptors (Lipinski definition) is 12. The first-order valence-electron chi connectivity index (χ1n) is 13.4. The van der Waals surface area contributed by atoms with Gasteiger partial charge in [-0.2, -0.15) is 10.3 Å². The number of thioether (sulfide) groups is 2. The molecule has 1 saturated heterocycles. The normalized spacial score (nSPS) is 18.2. The molecule has 45 heavy (non-hydrogen) atoms. The largest absolute Gasteiger partial charge is 0.508 e. The Hall–Kier alpha value is -5.04. The minimum atomic E-state index is -1.57. The number of H-pyrrole nitrogens is 2. The Morgan fingerprint density at radius 1 is 1.22 bits per heavy atom. The van der Waals surface area contributed by atoms with Gasteiger partial charge >= 0.3 is 12.0 Å². The Morgan fingerprint density at radius 3 is 2.56 bits per heavy atom. The molecule has 0 spiro atoms. The fourth-order valence-electron chi connectivity index (χ4n) is 4.81. The minimum Gasteiger partial charge on any atom is -0.508 e. The van der Waals surface area contributed by atoms with E-state index >= 15 is 0 Å².